The molecule has 0 saturated carbocycles. The Bertz CT molecular complexity index is 971. The van der Waals surface area contributed by atoms with Gasteiger partial charge in [0.1, 0.15) is 11.3 Å². The lowest BCUT2D eigenvalue weighted by Crippen LogP contribution is -2.14. The topological polar surface area (TPSA) is 76.9 Å². The molecule has 9 heteroatoms. The maximum Gasteiger partial charge on any atom is 0.263 e. The van der Waals surface area contributed by atoms with Crippen molar-refractivity contribution in [2.24, 2.45) is 7.05 Å². The van der Waals surface area contributed by atoms with E-state index in [1.54, 1.807) is 19.3 Å². The van der Waals surface area contributed by atoms with Gasteiger partial charge in [-0.25, -0.2) is 12.8 Å². The number of halogens is 2. The first-order valence-corrected chi connectivity index (χ1v) is 8.69. The predicted octanol–water partition coefficient (Wildman–Crippen LogP) is 2.51. The van der Waals surface area contributed by atoms with Crippen LogP contribution in [-0.4, -0.2) is 23.2 Å². The average molecular weight is 432 g/mol. The van der Waals surface area contributed by atoms with Gasteiger partial charge in [-0.2, -0.15) is 5.10 Å². The van der Waals surface area contributed by atoms with Gasteiger partial charge in [0.05, 0.1) is 4.90 Å². The standard InChI is InChI=1S/C13H10FIN4O2S/c1-19-5-4-12(17-19)18-22(20,21)11-3-2-10(14)13-9(11)6-8(15)7-16-13/h2-7H,1H3,(H,17,18). The Morgan fingerprint density at radius 1 is 1.32 bits per heavy atom. The fraction of sp³-hybridized carbons (Fsp3) is 0.0769. The molecule has 0 fully saturated rings. The molecular formula is C13H10FIN4O2S. The summed E-state index contributed by atoms with van der Waals surface area (Å²) in [6.45, 7) is 0. The molecule has 114 valence electrons. The minimum absolute atomic E-state index is 0.0179. The van der Waals surface area contributed by atoms with Gasteiger partial charge in [0.25, 0.3) is 10.0 Å². The van der Waals surface area contributed by atoms with Crippen LogP contribution >= 0.6 is 22.6 Å². The average Bonchev–Trinajstić information content (AvgIpc) is 2.83. The van der Waals surface area contributed by atoms with Crippen molar-refractivity contribution in [3.8, 4) is 0 Å². The normalized spacial score (nSPS) is 11.8. The van der Waals surface area contributed by atoms with E-state index in [-0.39, 0.29) is 21.6 Å². The molecular weight excluding hydrogens is 422 g/mol. The molecule has 0 radical (unpaired) electrons. The van der Waals surface area contributed by atoms with Crippen molar-refractivity contribution in [2.45, 2.75) is 4.90 Å². The monoisotopic (exact) mass is 432 g/mol. The van der Waals surface area contributed by atoms with E-state index in [1.165, 1.54) is 23.0 Å². The molecule has 0 saturated heterocycles. The third-order valence-electron chi connectivity index (χ3n) is 2.97. The van der Waals surface area contributed by atoms with Gasteiger partial charge < -0.3 is 0 Å². The van der Waals surface area contributed by atoms with Gasteiger partial charge in [-0.1, -0.05) is 0 Å². The van der Waals surface area contributed by atoms with Gasteiger partial charge in [0, 0.05) is 34.5 Å². The molecule has 0 aliphatic carbocycles. The van der Waals surface area contributed by atoms with Crippen LogP contribution in [0.1, 0.15) is 0 Å². The van der Waals surface area contributed by atoms with E-state index in [0.29, 0.717) is 3.57 Å². The van der Waals surface area contributed by atoms with Crippen LogP contribution in [0.3, 0.4) is 0 Å². The van der Waals surface area contributed by atoms with Gasteiger partial charge in [-0.3, -0.25) is 14.4 Å². The number of benzene rings is 1. The molecule has 0 bridgehead atoms. The molecule has 2 aromatic heterocycles. The Morgan fingerprint density at radius 3 is 2.77 bits per heavy atom. The fourth-order valence-corrected chi connectivity index (χ4v) is 3.67. The van der Waals surface area contributed by atoms with Crippen molar-refractivity contribution in [3.05, 3.63) is 46.0 Å². The minimum atomic E-state index is -3.90. The summed E-state index contributed by atoms with van der Waals surface area (Å²) < 4.78 is 43.5. The lowest BCUT2D eigenvalue weighted by Gasteiger charge is -2.09. The van der Waals surface area contributed by atoms with E-state index in [0.717, 1.165) is 6.07 Å². The molecule has 0 amide bonds. The van der Waals surface area contributed by atoms with Gasteiger partial charge in [0.2, 0.25) is 0 Å². The number of nitrogens with one attached hydrogen (secondary N) is 1. The first kappa shape index (κ1) is 15.2. The Kier molecular flexibility index (Phi) is 3.77. The first-order chi connectivity index (χ1) is 10.4. The van der Waals surface area contributed by atoms with E-state index in [9.17, 15) is 12.8 Å². The third kappa shape index (κ3) is 2.77. The van der Waals surface area contributed by atoms with Gasteiger partial charge >= 0.3 is 0 Å². The highest BCUT2D eigenvalue weighted by molar-refractivity contribution is 14.1. The van der Waals surface area contributed by atoms with E-state index >= 15 is 0 Å². The predicted molar refractivity (Wildman–Crippen MR) is 88.4 cm³/mol. The van der Waals surface area contributed by atoms with E-state index < -0.39 is 15.8 Å². The van der Waals surface area contributed by atoms with Crippen LogP contribution < -0.4 is 4.72 Å². The van der Waals surface area contributed by atoms with E-state index in [4.69, 9.17) is 0 Å². The fourth-order valence-electron chi connectivity index (χ4n) is 2.03. The Labute approximate surface area is 139 Å². The Hall–Kier alpha value is -1.75. The molecule has 0 aliphatic heterocycles. The highest BCUT2D eigenvalue weighted by atomic mass is 127. The zero-order valence-electron chi connectivity index (χ0n) is 11.3. The highest BCUT2D eigenvalue weighted by Crippen LogP contribution is 2.26. The molecule has 0 atom stereocenters. The van der Waals surface area contributed by atoms with Crippen molar-refractivity contribution in [2.75, 3.05) is 4.72 Å². The number of hydrogen-bond acceptors (Lipinski definition) is 4. The summed E-state index contributed by atoms with van der Waals surface area (Å²) in [5, 5.41) is 4.20. The number of anilines is 1. The second kappa shape index (κ2) is 5.47. The van der Waals surface area contributed by atoms with Gasteiger partial charge in [-0.15, -0.1) is 0 Å². The second-order valence-electron chi connectivity index (χ2n) is 4.58. The zero-order valence-corrected chi connectivity index (χ0v) is 14.3. The summed E-state index contributed by atoms with van der Waals surface area (Å²) >= 11 is 2.00. The van der Waals surface area contributed by atoms with E-state index in [1.807, 2.05) is 22.6 Å². The summed E-state index contributed by atoms with van der Waals surface area (Å²) in [7, 11) is -2.22. The van der Waals surface area contributed by atoms with Crippen LogP contribution in [0.15, 0.2) is 41.6 Å². The van der Waals surface area contributed by atoms with Crippen LogP contribution in [0.4, 0.5) is 10.2 Å². The van der Waals surface area contributed by atoms with Crippen LogP contribution in [0.25, 0.3) is 10.9 Å². The molecule has 0 spiro atoms. The number of aromatic nitrogens is 3. The number of aryl methyl sites for hydroxylation is 1. The zero-order chi connectivity index (χ0) is 15.9. The Balaban J connectivity index is 2.16. The SMILES string of the molecule is Cn1ccc(NS(=O)(=O)c2ccc(F)c3ncc(I)cc23)n1. The van der Waals surface area contributed by atoms with Crippen molar-refractivity contribution >= 4 is 49.3 Å². The first-order valence-electron chi connectivity index (χ1n) is 6.13. The van der Waals surface area contributed by atoms with Crippen LogP contribution in [0.2, 0.25) is 0 Å². The van der Waals surface area contributed by atoms with Crippen molar-refractivity contribution in [1.29, 1.82) is 0 Å². The molecule has 0 unspecified atom stereocenters. The number of nitrogens with zero attached hydrogens (tertiary/aromatic N) is 3. The van der Waals surface area contributed by atoms with E-state index in [2.05, 4.69) is 14.8 Å². The largest absolute Gasteiger partial charge is 0.274 e. The van der Waals surface area contributed by atoms with Crippen LogP contribution in [0.5, 0.6) is 0 Å². The van der Waals surface area contributed by atoms with Crippen LogP contribution in [0, 0.1) is 9.39 Å². The quantitative estimate of drug-likeness (QED) is 0.646. The summed E-state index contributed by atoms with van der Waals surface area (Å²) in [6, 6.07) is 5.43. The maximum absolute atomic E-state index is 13.8. The molecule has 2 heterocycles. The molecule has 6 nitrogen and oxygen atoms in total. The molecule has 22 heavy (non-hydrogen) atoms. The maximum atomic E-state index is 13.8. The number of rotatable bonds is 3. The smallest absolute Gasteiger partial charge is 0.263 e. The summed E-state index contributed by atoms with van der Waals surface area (Å²) in [5.41, 5.74) is 0.0179. The molecule has 0 aliphatic rings. The lowest BCUT2D eigenvalue weighted by atomic mass is 10.2. The van der Waals surface area contributed by atoms with Crippen molar-refractivity contribution < 1.29 is 12.8 Å². The number of pyridine rings is 1. The second-order valence-corrected chi connectivity index (χ2v) is 7.47. The van der Waals surface area contributed by atoms with Gasteiger partial charge in [-0.05, 0) is 40.8 Å². The molecule has 1 aromatic carbocycles. The van der Waals surface area contributed by atoms with Crippen molar-refractivity contribution in [3.63, 3.8) is 0 Å². The summed E-state index contributed by atoms with van der Waals surface area (Å²) in [5.74, 6) is -0.373. The lowest BCUT2D eigenvalue weighted by molar-refractivity contribution is 0.601. The number of hydrogen-bond donors (Lipinski definition) is 1. The Morgan fingerprint density at radius 2 is 2.09 bits per heavy atom. The molecule has 1 N–H and O–H groups in total. The molecule has 3 aromatic rings. The van der Waals surface area contributed by atoms with Crippen molar-refractivity contribution in [1.82, 2.24) is 14.8 Å². The summed E-state index contributed by atoms with van der Waals surface area (Å²) in [4.78, 5) is 3.93. The minimum Gasteiger partial charge on any atom is -0.274 e. The highest BCUT2D eigenvalue weighted by Gasteiger charge is 2.20. The third-order valence-corrected chi connectivity index (χ3v) is 4.97. The molecule has 3 rings (SSSR count). The van der Waals surface area contributed by atoms with Gasteiger partial charge in [0.15, 0.2) is 5.82 Å². The van der Waals surface area contributed by atoms with Crippen LogP contribution in [-0.2, 0) is 17.1 Å². The summed E-state index contributed by atoms with van der Waals surface area (Å²) in [6.07, 6.45) is 3.10. The number of sulfonamides is 1. The number of fused-ring (bicyclic) bond motifs is 1.